The van der Waals surface area contributed by atoms with E-state index in [9.17, 15) is 9.59 Å². The van der Waals surface area contributed by atoms with Crippen LogP contribution in [-0.2, 0) is 10.2 Å². The standard InChI is InChI=1S/C28H27N7O2/c1-3-25(36)32-19-7-4-6-18(14-19)27(37)34-13-10-28(2,17-34)24-15-21-20(9-12-29-26(21)33-24)22-16-31-35-23(22)8-5-11-30-35/h4-9,11-12,14-16H,3,10,13,17H2,1-2H3,(H,29,33)(H,32,36). The Labute approximate surface area is 213 Å². The van der Waals surface area contributed by atoms with Crippen LogP contribution in [0.4, 0.5) is 5.69 Å². The Morgan fingerprint density at radius 1 is 1.08 bits per heavy atom. The van der Waals surface area contributed by atoms with Gasteiger partial charge in [0.25, 0.3) is 5.91 Å². The van der Waals surface area contributed by atoms with Crippen LogP contribution in [0.5, 0.6) is 0 Å². The molecule has 0 spiro atoms. The number of carbonyl (C=O) groups is 2. The highest BCUT2D eigenvalue weighted by atomic mass is 16.2. The Bertz CT molecular complexity index is 1650. The second kappa shape index (κ2) is 8.85. The molecule has 9 heteroatoms. The molecular weight excluding hydrogens is 466 g/mol. The number of amides is 2. The molecule has 6 rings (SSSR count). The first-order chi connectivity index (χ1) is 17.9. The third-order valence-corrected chi connectivity index (χ3v) is 7.25. The van der Waals surface area contributed by atoms with Crippen molar-refractivity contribution in [2.75, 3.05) is 18.4 Å². The first-order valence-corrected chi connectivity index (χ1v) is 12.4. The quantitative estimate of drug-likeness (QED) is 0.377. The lowest BCUT2D eigenvalue weighted by atomic mass is 9.86. The Morgan fingerprint density at radius 3 is 2.84 bits per heavy atom. The summed E-state index contributed by atoms with van der Waals surface area (Å²) in [6.45, 7) is 5.21. The summed E-state index contributed by atoms with van der Waals surface area (Å²) in [4.78, 5) is 35.1. The van der Waals surface area contributed by atoms with Gasteiger partial charge in [-0.3, -0.25) is 9.59 Å². The summed E-state index contributed by atoms with van der Waals surface area (Å²) >= 11 is 0. The maximum absolute atomic E-state index is 13.4. The number of hydrogen-bond acceptors (Lipinski definition) is 5. The van der Waals surface area contributed by atoms with Gasteiger partial charge in [0.2, 0.25) is 5.91 Å². The maximum Gasteiger partial charge on any atom is 0.253 e. The van der Waals surface area contributed by atoms with E-state index < -0.39 is 0 Å². The molecule has 2 N–H and O–H groups in total. The van der Waals surface area contributed by atoms with E-state index in [4.69, 9.17) is 0 Å². The van der Waals surface area contributed by atoms with Crippen molar-refractivity contribution in [1.29, 1.82) is 0 Å². The molecule has 1 atom stereocenters. The Balaban J connectivity index is 1.28. The topological polar surface area (TPSA) is 108 Å². The number of H-pyrrole nitrogens is 1. The smallest absolute Gasteiger partial charge is 0.253 e. The predicted octanol–water partition coefficient (Wildman–Crippen LogP) is 4.42. The minimum absolute atomic E-state index is 0.0369. The van der Waals surface area contributed by atoms with Crippen molar-refractivity contribution >= 4 is 34.1 Å². The zero-order chi connectivity index (χ0) is 25.6. The molecule has 1 unspecified atom stereocenters. The lowest BCUT2D eigenvalue weighted by molar-refractivity contribution is -0.115. The van der Waals surface area contributed by atoms with Gasteiger partial charge in [0.15, 0.2) is 0 Å². The van der Waals surface area contributed by atoms with Gasteiger partial charge in [-0.15, -0.1) is 0 Å². The van der Waals surface area contributed by atoms with E-state index in [1.807, 2.05) is 29.3 Å². The molecular formula is C28H27N7O2. The fraction of sp³-hybridized carbons (Fsp3) is 0.250. The summed E-state index contributed by atoms with van der Waals surface area (Å²) in [5, 5.41) is 12.5. The number of anilines is 1. The van der Waals surface area contributed by atoms with Crippen molar-refractivity contribution in [3.8, 4) is 11.1 Å². The van der Waals surface area contributed by atoms with Gasteiger partial charge >= 0.3 is 0 Å². The monoisotopic (exact) mass is 493 g/mol. The highest BCUT2D eigenvalue weighted by Gasteiger charge is 2.39. The second-order valence-corrected chi connectivity index (χ2v) is 9.78. The van der Waals surface area contributed by atoms with E-state index in [-0.39, 0.29) is 17.2 Å². The Morgan fingerprint density at radius 2 is 1.97 bits per heavy atom. The molecule has 0 radical (unpaired) electrons. The highest BCUT2D eigenvalue weighted by Crippen LogP contribution is 2.38. The van der Waals surface area contributed by atoms with E-state index in [1.54, 1.807) is 48.2 Å². The predicted molar refractivity (Wildman–Crippen MR) is 141 cm³/mol. The van der Waals surface area contributed by atoms with Gasteiger partial charge in [-0.25, -0.2) is 4.98 Å². The molecule has 4 aromatic heterocycles. The fourth-order valence-electron chi connectivity index (χ4n) is 5.14. The number of nitrogens with one attached hydrogen (secondary N) is 2. The van der Waals surface area contributed by atoms with Gasteiger partial charge in [-0.05, 0) is 54.4 Å². The first-order valence-electron chi connectivity index (χ1n) is 12.4. The Hall–Kier alpha value is -4.53. The zero-order valence-corrected chi connectivity index (χ0v) is 20.7. The summed E-state index contributed by atoms with van der Waals surface area (Å²) in [5.41, 5.74) is 5.78. The lowest BCUT2D eigenvalue weighted by Crippen LogP contribution is -2.33. The first kappa shape index (κ1) is 22.9. The average molecular weight is 494 g/mol. The molecule has 1 aliphatic heterocycles. The maximum atomic E-state index is 13.4. The number of fused-ring (bicyclic) bond motifs is 2. The minimum Gasteiger partial charge on any atom is -0.343 e. The summed E-state index contributed by atoms with van der Waals surface area (Å²) < 4.78 is 1.62. The molecule has 9 nitrogen and oxygen atoms in total. The summed E-state index contributed by atoms with van der Waals surface area (Å²) in [6, 6.07) is 15.2. The van der Waals surface area contributed by atoms with Crippen LogP contribution in [0.25, 0.3) is 27.7 Å². The molecule has 1 aromatic carbocycles. The second-order valence-electron chi connectivity index (χ2n) is 9.78. The van der Waals surface area contributed by atoms with Crippen LogP contribution in [0, 0.1) is 0 Å². The molecule has 0 aliphatic carbocycles. The third kappa shape index (κ3) is 4.02. The average Bonchev–Trinajstić information content (AvgIpc) is 3.65. The van der Waals surface area contributed by atoms with Gasteiger partial charge in [0.1, 0.15) is 5.65 Å². The molecule has 1 aliphatic rings. The van der Waals surface area contributed by atoms with Crippen molar-refractivity contribution in [1.82, 2.24) is 29.7 Å². The largest absolute Gasteiger partial charge is 0.343 e. The van der Waals surface area contributed by atoms with Crippen LogP contribution in [0.3, 0.4) is 0 Å². The number of pyridine rings is 1. The number of hydrogen-bond donors (Lipinski definition) is 2. The number of aromatic amines is 1. The third-order valence-electron chi connectivity index (χ3n) is 7.25. The summed E-state index contributed by atoms with van der Waals surface area (Å²) in [5.74, 6) is -0.115. The number of carbonyl (C=O) groups excluding carboxylic acids is 2. The molecule has 1 saturated heterocycles. The van der Waals surface area contributed by atoms with Gasteiger partial charge < -0.3 is 15.2 Å². The van der Waals surface area contributed by atoms with Crippen molar-refractivity contribution in [2.45, 2.75) is 32.1 Å². The molecule has 0 saturated carbocycles. The molecule has 5 aromatic rings. The van der Waals surface area contributed by atoms with E-state index in [1.165, 1.54) is 0 Å². The number of aromatic nitrogens is 5. The van der Waals surface area contributed by atoms with Crippen LogP contribution >= 0.6 is 0 Å². The van der Waals surface area contributed by atoms with Crippen molar-refractivity contribution in [2.24, 2.45) is 0 Å². The van der Waals surface area contributed by atoms with E-state index in [2.05, 4.69) is 38.5 Å². The summed E-state index contributed by atoms with van der Waals surface area (Å²) in [6.07, 6.45) is 6.56. The fourth-order valence-corrected chi connectivity index (χ4v) is 5.14. The van der Waals surface area contributed by atoms with Crippen molar-refractivity contribution in [3.63, 3.8) is 0 Å². The molecule has 5 heterocycles. The summed E-state index contributed by atoms with van der Waals surface area (Å²) in [7, 11) is 0. The van der Waals surface area contributed by atoms with Crippen LogP contribution in [0.2, 0.25) is 0 Å². The zero-order valence-electron chi connectivity index (χ0n) is 20.7. The van der Waals surface area contributed by atoms with E-state index >= 15 is 0 Å². The van der Waals surface area contributed by atoms with E-state index in [0.717, 1.165) is 39.8 Å². The van der Waals surface area contributed by atoms with Gasteiger partial charge in [-0.2, -0.15) is 14.8 Å². The number of rotatable bonds is 5. The highest BCUT2D eigenvalue weighted by molar-refractivity contribution is 5.99. The SMILES string of the molecule is CCC(=O)Nc1cccc(C(=O)N2CCC(C)(c3cc4c(-c5cnn6ncccc56)ccnc4[nH]3)C2)c1. The Kier molecular flexibility index (Phi) is 5.48. The van der Waals surface area contributed by atoms with Crippen LogP contribution in [-0.4, -0.2) is 54.6 Å². The van der Waals surface area contributed by atoms with Crippen molar-refractivity contribution in [3.05, 3.63) is 78.4 Å². The molecule has 1 fully saturated rings. The minimum atomic E-state index is -0.246. The van der Waals surface area contributed by atoms with Crippen LogP contribution in [0.15, 0.2) is 67.1 Å². The molecule has 37 heavy (non-hydrogen) atoms. The normalized spacial score (nSPS) is 17.5. The van der Waals surface area contributed by atoms with Crippen molar-refractivity contribution < 1.29 is 9.59 Å². The lowest BCUT2D eigenvalue weighted by Gasteiger charge is -2.24. The molecule has 186 valence electrons. The molecule has 2 amide bonds. The van der Waals surface area contributed by atoms with Gasteiger partial charge in [-0.1, -0.05) is 19.9 Å². The number of nitrogens with zero attached hydrogens (tertiary/aromatic N) is 5. The van der Waals surface area contributed by atoms with Gasteiger partial charge in [0, 0.05) is 65.2 Å². The molecule has 0 bridgehead atoms. The van der Waals surface area contributed by atoms with Crippen LogP contribution < -0.4 is 5.32 Å². The van der Waals surface area contributed by atoms with Crippen LogP contribution in [0.1, 0.15) is 42.7 Å². The number of benzene rings is 1. The van der Waals surface area contributed by atoms with Gasteiger partial charge in [0.05, 0.1) is 11.7 Å². The number of likely N-dealkylation sites (tertiary alicyclic amines) is 1. The van der Waals surface area contributed by atoms with E-state index in [0.29, 0.717) is 30.8 Å².